The lowest BCUT2D eigenvalue weighted by Gasteiger charge is -2.21. The number of aryl methyl sites for hydroxylation is 1. The first-order chi connectivity index (χ1) is 9.33. The minimum absolute atomic E-state index is 0.587. The van der Waals surface area contributed by atoms with Crippen molar-refractivity contribution in [2.75, 3.05) is 5.73 Å². The molecule has 0 aliphatic heterocycles. The Balaban J connectivity index is 1.63. The quantitative estimate of drug-likeness (QED) is 0.882. The van der Waals surface area contributed by atoms with Gasteiger partial charge in [-0.1, -0.05) is 38.5 Å². The molecule has 0 bridgehead atoms. The van der Waals surface area contributed by atoms with Gasteiger partial charge in [-0.15, -0.1) is 0 Å². The lowest BCUT2D eigenvalue weighted by molar-refractivity contribution is 0.332. The highest BCUT2D eigenvalue weighted by Crippen LogP contribution is 2.28. The van der Waals surface area contributed by atoms with E-state index in [2.05, 4.69) is 15.0 Å². The van der Waals surface area contributed by atoms with Crippen molar-refractivity contribution in [1.82, 2.24) is 15.0 Å². The van der Waals surface area contributed by atoms with Crippen LogP contribution in [0, 0.1) is 5.92 Å². The van der Waals surface area contributed by atoms with Crippen LogP contribution >= 0.6 is 0 Å². The Hall–Kier alpha value is -1.58. The summed E-state index contributed by atoms with van der Waals surface area (Å²) in [6.07, 6.45) is 12.5. The number of hydrogen-bond donors (Lipinski definition) is 2. The van der Waals surface area contributed by atoms with E-state index in [1.54, 1.807) is 6.33 Å². The van der Waals surface area contributed by atoms with Crippen LogP contribution in [0.5, 0.6) is 0 Å². The first-order valence-corrected chi connectivity index (χ1v) is 7.41. The summed E-state index contributed by atoms with van der Waals surface area (Å²) in [5, 5.41) is 0. The average molecular weight is 258 g/mol. The molecule has 0 radical (unpaired) electrons. The van der Waals surface area contributed by atoms with E-state index >= 15 is 0 Å². The van der Waals surface area contributed by atoms with Crippen LogP contribution in [-0.4, -0.2) is 15.0 Å². The molecule has 0 saturated heterocycles. The molecule has 0 amide bonds. The Morgan fingerprint density at radius 3 is 2.95 bits per heavy atom. The Bertz CT molecular complexity index is 540. The van der Waals surface area contributed by atoms with Gasteiger partial charge in [0, 0.05) is 0 Å². The maximum atomic E-state index is 5.84. The Morgan fingerprint density at radius 2 is 2.11 bits per heavy atom. The van der Waals surface area contributed by atoms with Gasteiger partial charge in [-0.3, -0.25) is 0 Å². The highest BCUT2D eigenvalue weighted by molar-refractivity contribution is 5.76. The fourth-order valence-corrected chi connectivity index (χ4v) is 3.26. The lowest BCUT2D eigenvalue weighted by Crippen LogP contribution is -2.06. The number of nitrogen functional groups attached to an aromatic ring is 1. The molecule has 0 spiro atoms. The molecule has 4 nitrogen and oxygen atoms in total. The summed E-state index contributed by atoms with van der Waals surface area (Å²) in [6, 6.07) is 1.98. The number of rotatable bonds is 4. The van der Waals surface area contributed by atoms with Crippen LogP contribution in [-0.2, 0) is 6.42 Å². The van der Waals surface area contributed by atoms with Gasteiger partial charge in [-0.05, 0) is 30.4 Å². The molecule has 1 saturated carbocycles. The monoisotopic (exact) mass is 258 g/mol. The molecule has 2 heterocycles. The van der Waals surface area contributed by atoms with E-state index < -0.39 is 0 Å². The summed E-state index contributed by atoms with van der Waals surface area (Å²) in [4.78, 5) is 11.6. The predicted molar refractivity (Wildman–Crippen MR) is 77.8 cm³/mol. The number of anilines is 1. The van der Waals surface area contributed by atoms with Gasteiger partial charge >= 0.3 is 0 Å². The summed E-state index contributed by atoms with van der Waals surface area (Å²) in [6.45, 7) is 0. The summed E-state index contributed by atoms with van der Waals surface area (Å²) in [7, 11) is 0. The zero-order valence-electron chi connectivity index (χ0n) is 11.4. The zero-order valence-corrected chi connectivity index (χ0v) is 11.4. The van der Waals surface area contributed by atoms with Gasteiger partial charge in [-0.2, -0.15) is 0 Å². The lowest BCUT2D eigenvalue weighted by atomic mass is 9.85. The Kier molecular flexibility index (Phi) is 3.67. The normalized spacial score (nSPS) is 17.1. The molecule has 1 aliphatic carbocycles. The molecule has 2 aromatic rings. The summed E-state index contributed by atoms with van der Waals surface area (Å²) in [5.74, 6) is 1.53. The molecular formula is C15H22N4. The molecule has 4 heteroatoms. The second kappa shape index (κ2) is 5.59. The molecule has 1 fully saturated rings. The number of imidazole rings is 1. The highest BCUT2D eigenvalue weighted by Gasteiger charge is 2.13. The van der Waals surface area contributed by atoms with Crippen molar-refractivity contribution in [3.63, 3.8) is 0 Å². The van der Waals surface area contributed by atoms with Crippen molar-refractivity contribution in [2.24, 2.45) is 5.92 Å². The first kappa shape index (κ1) is 12.5. The number of aromatic amines is 1. The van der Waals surface area contributed by atoms with E-state index in [1.165, 1.54) is 50.5 Å². The van der Waals surface area contributed by atoms with Crippen LogP contribution in [0.2, 0.25) is 0 Å². The van der Waals surface area contributed by atoms with Crippen LogP contribution in [0.3, 0.4) is 0 Å². The number of nitrogens with one attached hydrogen (secondary N) is 1. The van der Waals surface area contributed by atoms with Crippen LogP contribution in [0.15, 0.2) is 12.4 Å². The smallest absolute Gasteiger partial charge is 0.159 e. The van der Waals surface area contributed by atoms with E-state index in [1.807, 2.05) is 6.07 Å². The molecule has 102 valence electrons. The fourth-order valence-electron chi connectivity index (χ4n) is 3.26. The van der Waals surface area contributed by atoms with Crippen molar-refractivity contribution in [3.05, 3.63) is 18.0 Å². The van der Waals surface area contributed by atoms with Crippen molar-refractivity contribution in [3.8, 4) is 0 Å². The third kappa shape index (κ3) is 2.88. The number of H-pyrrole nitrogens is 1. The van der Waals surface area contributed by atoms with Crippen molar-refractivity contribution < 1.29 is 0 Å². The Labute approximate surface area is 113 Å². The highest BCUT2D eigenvalue weighted by atomic mass is 15.0. The number of nitrogens with two attached hydrogens (primary N) is 1. The Morgan fingerprint density at radius 1 is 1.26 bits per heavy atom. The van der Waals surface area contributed by atoms with Crippen LogP contribution in [0.4, 0.5) is 5.82 Å². The van der Waals surface area contributed by atoms with Crippen molar-refractivity contribution in [2.45, 2.75) is 51.4 Å². The van der Waals surface area contributed by atoms with E-state index in [4.69, 9.17) is 5.73 Å². The maximum absolute atomic E-state index is 5.84. The van der Waals surface area contributed by atoms with E-state index in [0.717, 1.165) is 23.5 Å². The minimum atomic E-state index is 0.587. The van der Waals surface area contributed by atoms with Gasteiger partial charge < -0.3 is 10.7 Å². The maximum Gasteiger partial charge on any atom is 0.159 e. The number of nitrogens with zero attached hydrogens (tertiary/aromatic N) is 2. The summed E-state index contributed by atoms with van der Waals surface area (Å²) >= 11 is 0. The van der Waals surface area contributed by atoms with Crippen LogP contribution in [0.25, 0.3) is 11.2 Å². The average Bonchev–Trinajstić information content (AvgIpc) is 2.88. The topological polar surface area (TPSA) is 67.6 Å². The predicted octanol–water partition coefficient (Wildman–Crippen LogP) is 3.44. The number of fused-ring (bicyclic) bond motifs is 1. The van der Waals surface area contributed by atoms with Gasteiger partial charge in [0.25, 0.3) is 0 Å². The third-order valence-corrected chi connectivity index (χ3v) is 4.27. The first-order valence-electron chi connectivity index (χ1n) is 7.41. The minimum Gasteiger partial charge on any atom is -0.384 e. The molecule has 0 atom stereocenters. The van der Waals surface area contributed by atoms with Crippen LogP contribution in [0.1, 0.15) is 50.5 Å². The SMILES string of the molecule is Nc1cc(CCCC2CCCCC2)c2nc[nH]c2n1. The van der Waals surface area contributed by atoms with Gasteiger partial charge in [-0.25, -0.2) is 9.97 Å². The number of aromatic nitrogens is 3. The molecule has 19 heavy (non-hydrogen) atoms. The largest absolute Gasteiger partial charge is 0.384 e. The van der Waals surface area contributed by atoms with E-state index in [9.17, 15) is 0 Å². The van der Waals surface area contributed by atoms with Crippen molar-refractivity contribution in [1.29, 1.82) is 0 Å². The molecule has 0 aromatic carbocycles. The van der Waals surface area contributed by atoms with Gasteiger partial charge in [0.2, 0.25) is 0 Å². The second-order valence-corrected chi connectivity index (χ2v) is 5.70. The van der Waals surface area contributed by atoms with Crippen molar-refractivity contribution >= 4 is 17.0 Å². The molecule has 3 rings (SSSR count). The number of pyridine rings is 1. The standard InChI is InChI=1S/C15H22N4/c16-13-9-12(14-15(19-13)18-10-17-14)8-4-7-11-5-2-1-3-6-11/h9-11H,1-8H2,(H3,16,17,18,19). The van der Waals surface area contributed by atoms with Gasteiger partial charge in [0.15, 0.2) is 5.65 Å². The molecular weight excluding hydrogens is 236 g/mol. The number of hydrogen-bond acceptors (Lipinski definition) is 3. The second-order valence-electron chi connectivity index (χ2n) is 5.70. The molecule has 0 unspecified atom stereocenters. The van der Waals surface area contributed by atoms with Gasteiger partial charge in [0.1, 0.15) is 11.3 Å². The summed E-state index contributed by atoms with van der Waals surface area (Å²) < 4.78 is 0. The molecule has 2 aromatic heterocycles. The third-order valence-electron chi connectivity index (χ3n) is 4.27. The molecule has 3 N–H and O–H groups in total. The zero-order chi connectivity index (χ0) is 13.1. The summed E-state index contributed by atoms with van der Waals surface area (Å²) in [5.41, 5.74) is 8.87. The van der Waals surface area contributed by atoms with Gasteiger partial charge in [0.05, 0.1) is 6.33 Å². The molecule has 1 aliphatic rings. The van der Waals surface area contributed by atoms with Crippen LogP contribution < -0.4 is 5.73 Å². The van der Waals surface area contributed by atoms with E-state index in [0.29, 0.717) is 5.82 Å². The van der Waals surface area contributed by atoms with E-state index in [-0.39, 0.29) is 0 Å². The fraction of sp³-hybridized carbons (Fsp3) is 0.600.